The molecule has 0 aliphatic heterocycles. The molecule has 1 saturated carbocycles. The molecular weight excluding hydrogens is 260 g/mol. The molecule has 0 heterocycles. The molecule has 6 heteroatoms. The monoisotopic (exact) mass is 282 g/mol. The molecule has 4 nitrogen and oxygen atoms in total. The van der Waals surface area contributed by atoms with Crippen molar-refractivity contribution >= 4 is 24.6 Å². The van der Waals surface area contributed by atoms with Crippen LogP contribution < -0.4 is 0 Å². The summed E-state index contributed by atoms with van der Waals surface area (Å²) in [6, 6.07) is 0. The molecule has 0 amide bonds. The Balaban J connectivity index is 2.10. The zero-order valence-electron chi connectivity index (χ0n) is 10.7. The van der Waals surface area contributed by atoms with Gasteiger partial charge in [0.25, 0.3) is 0 Å². The second-order valence-electron chi connectivity index (χ2n) is 4.29. The fourth-order valence-electron chi connectivity index (χ4n) is 1.57. The van der Waals surface area contributed by atoms with Crippen molar-refractivity contribution in [3.05, 3.63) is 0 Å². The van der Waals surface area contributed by atoms with Gasteiger partial charge in [0.2, 0.25) is 0 Å². The van der Waals surface area contributed by atoms with Crippen LogP contribution in [0.25, 0.3) is 0 Å². The molecule has 1 rings (SSSR count). The van der Waals surface area contributed by atoms with Crippen molar-refractivity contribution in [2.45, 2.75) is 64.8 Å². The molecule has 2 atom stereocenters. The molecule has 1 aliphatic rings. The summed E-state index contributed by atoms with van der Waals surface area (Å²) in [5.41, 5.74) is 0. The van der Waals surface area contributed by atoms with Gasteiger partial charge in [-0.3, -0.25) is 16.7 Å². The van der Waals surface area contributed by atoms with Gasteiger partial charge in [0.15, 0.2) is 24.6 Å². The summed E-state index contributed by atoms with van der Waals surface area (Å²) < 4.78 is 21.5. The lowest BCUT2D eigenvalue weighted by atomic mass is 9.95. The van der Waals surface area contributed by atoms with Crippen LogP contribution in [0.3, 0.4) is 0 Å². The highest BCUT2D eigenvalue weighted by Gasteiger charge is 2.24. The lowest BCUT2D eigenvalue weighted by Crippen LogP contribution is -2.25. The van der Waals surface area contributed by atoms with Gasteiger partial charge in [-0.2, -0.15) is 0 Å². The molecule has 1 aliphatic carbocycles. The van der Waals surface area contributed by atoms with Crippen LogP contribution in [0.2, 0.25) is 0 Å². The van der Waals surface area contributed by atoms with Gasteiger partial charge in [-0.1, -0.05) is 0 Å². The third-order valence-electron chi connectivity index (χ3n) is 2.33. The average Bonchev–Trinajstić information content (AvgIpc) is 2.29. The van der Waals surface area contributed by atoms with Crippen LogP contribution in [0.5, 0.6) is 0 Å². The molecule has 1 fully saturated rings. The molecule has 2 unspecified atom stereocenters. The molecule has 17 heavy (non-hydrogen) atoms. The van der Waals surface area contributed by atoms with E-state index in [1.807, 2.05) is 20.8 Å². The van der Waals surface area contributed by atoms with E-state index in [0.717, 1.165) is 50.3 Å². The van der Waals surface area contributed by atoms with Crippen LogP contribution >= 0.6 is 24.6 Å². The van der Waals surface area contributed by atoms with Crippen molar-refractivity contribution in [2.75, 3.05) is 6.61 Å². The van der Waals surface area contributed by atoms with Crippen LogP contribution in [0.4, 0.5) is 0 Å². The second-order valence-corrected chi connectivity index (χ2v) is 5.38. The quantitative estimate of drug-likeness (QED) is 0.496. The summed E-state index contributed by atoms with van der Waals surface area (Å²) in [5, 5.41) is 0. The summed E-state index contributed by atoms with van der Waals surface area (Å²) in [4.78, 5) is 0. The Morgan fingerprint density at radius 3 is 2.35 bits per heavy atom. The minimum Gasteiger partial charge on any atom is -0.292 e. The van der Waals surface area contributed by atoms with Crippen molar-refractivity contribution in [1.29, 1.82) is 0 Å². The standard InChI is InChI=1S/C11H22O4S2/c1-4-12-16-14-10-6-5-7-11(8-10)15-17-13-9(2)3/h9-11H,4-8H2,1-3H3. The maximum atomic E-state index is 5.59. The van der Waals surface area contributed by atoms with E-state index in [1.165, 1.54) is 0 Å². The molecule has 0 aromatic heterocycles. The first-order valence-electron chi connectivity index (χ1n) is 6.16. The Morgan fingerprint density at radius 2 is 1.76 bits per heavy atom. The van der Waals surface area contributed by atoms with Gasteiger partial charge in [-0.15, -0.1) is 0 Å². The van der Waals surface area contributed by atoms with Crippen LogP contribution in [0.1, 0.15) is 46.5 Å². The molecule has 0 bridgehead atoms. The average molecular weight is 282 g/mol. The molecular formula is C11H22O4S2. The van der Waals surface area contributed by atoms with E-state index >= 15 is 0 Å². The molecule has 102 valence electrons. The Hall–Kier alpha value is 0.540. The molecule has 0 aromatic rings. The second kappa shape index (κ2) is 9.47. The van der Waals surface area contributed by atoms with Crippen LogP contribution in [0, 0.1) is 0 Å². The topological polar surface area (TPSA) is 36.9 Å². The van der Waals surface area contributed by atoms with Gasteiger partial charge in [-0.25, -0.2) is 0 Å². The predicted molar refractivity (Wildman–Crippen MR) is 71.2 cm³/mol. The Labute approximate surface area is 113 Å². The highest BCUT2D eigenvalue weighted by molar-refractivity contribution is 7.90. The van der Waals surface area contributed by atoms with E-state index in [2.05, 4.69) is 0 Å². The molecule has 0 spiro atoms. The summed E-state index contributed by atoms with van der Waals surface area (Å²) >= 11 is 2.20. The predicted octanol–water partition coefficient (Wildman–Crippen LogP) is 3.92. The van der Waals surface area contributed by atoms with Gasteiger partial charge in [0, 0.05) is 6.42 Å². The number of rotatable bonds is 8. The maximum Gasteiger partial charge on any atom is 0.159 e. The summed E-state index contributed by atoms with van der Waals surface area (Å²) in [5.74, 6) is 0. The van der Waals surface area contributed by atoms with Gasteiger partial charge >= 0.3 is 0 Å². The summed E-state index contributed by atoms with van der Waals surface area (Å²) in [7, 11) is 0. The lowest BCUT2D eigenvalue weighted by molar-refractivity contribution is 0.0777. The Bertz CT molecular complexity index is 192. The van der Waals surface area contributed by atoms with Gasteiger partial charge < -0.3 is 0 Å². The van der Waals surface area contributed by atoms with Crippen molar-refractivity contribution in [3.63, 3.8) is 0 Å². The van der Waals surface area contributed by atoms with E-state index in [0.29, 0.717) is 6.61 Å². The van der Waals surface area contributed by atoms with E-state index in [-0.39, 0.29) is 18.3 Å². The first-order chi connectivity index (χ1) is 8.22. The largest absolute Gasteiger partial charge is 0.292 e. The zero-order chi connectivity index (χ0) is 12.5. The molecule has 0 saturated heterocycles. The first-order valence-corrected chi connectivity index (χ1v) is 7.49. The van der Waals surface area contributed by atoms with Crippen molar-refractivity contribution in [3.8, 4) is 0 Å². The number of hydrogen-bond donors (Lipinski definition) is 0. The van der Waals surface area contributed by atoms with E-state index in [4.69, 9.17) is 16.7 Å². The number of hydrogen-bond acceptors (Lipinski definition) is 6. The summed E-state index contributed by atoms with van der Waals surface area (Å²) in [6.07, 6.45) is 4.83. The van der Waals surface area contributed by atoms with Crippen molar-refractivity contribution < 1.29 is 16.7 Å². The van der Waals surface area contributed by atoms with Gasteiger partial charge in [0.1, 0.15) is 0 Å². The third-order valence-corrected chi connectivity index (χ3v) is 3.82. The highest BCUT2D eigenvalue weighted by atomic mass is 32.2. The Kier molecular flexibility index (Phi) is 8.69. The minimum atomic E-state index is 0.184. The van der Waals surface area contributed by atoms with Gasteiger partial charge in [0.05, 0.1) is 24.9 Å². The normalized spacial score (nSPS) is 25.4. The smallest absolute Gasteiger partial charge is 0.159 e. The fraction of sp³-hybridized carbons (Fsp3) is 1.00. The fourth-order valence-corrected chi connectivity index (χ4v) is 2.49. The summed E-state index contributed by atoms with van der Waals surface area (Å²) in [6.45, 7) is 6.59. The molecule has 0 aromatic carbocycles. The van der Waals surface area contributed by atoms with Crippen LogP contribution in [0.15, 0.2) is 0 Å². The highest BCUT2D eigenvalue weighted by Crippen LogP contribution is 2.29. The third kappa shape index (κ3) is 7.54. The van der Waals surface area contributed by atoms with Crippen molar-refractivity contribution in [2.24, 2.45) is 0 Å². The molecule has 0 N–H and O–H groups in total. The van der Waals surface area contributed by atoms with Crippen molar-refractivity contribution in [1.82, 2.24) is 0 Å². The first kappa shape index (κ1) is 15.6. The van der Waals surface area contributed by atoms with E-state index in [9.17, 15) is 0 Å². The Morgan fingerprint density at radius 1 is 1.12 bits per heavy atom. The minimum absolute atomic E-state index is 0.184. The van der Waals surface area contributed by atoms with Gasteiger partial charge in [-0.05, 0) is 40.0 Å². The zero-order valence-corrected chi connectivity index (χ0v) is 12.4. The van der Waals surface area contributed by atoms with Crippen LogP contribution in [-0.2, 0) is 16.7 Å². The van der Waals surface area contributed by atoms with E-state index < -0.39 is 0 Å². The van der Waals surface area contributed by atoms with E-state index in [1.54, 1.807) is 0 Å². The SMILES string of the molecule is CCOSOC1CCCC(OSOC(C)C)C1. The van der Waals surface area contributed by atoms with Crippen LogP contribution in [-0.4, -0.2) is 24.9 Å². The molecule has 0 radical (unpaired) electrons. The maximum absolute atomic E-state index is 5.59. The lowest BCUT2D eigenvalue weighted by Gasteiger charge is -2.27.